The highest BCUT2D eigenvalue weighted by Gasteiger charge is 2.32. The molecule has 0 aromatic heterocycles. The maximum Gasteiger partial charge on any atom is 0.304 e. The lowest BCUT2D eigenvalue weighted by Gasteiger charge is -2.33. The number of nitrogens with zero attached hydrogens (tertiary/aromatic N) is 3. The van der Waals surface area contributed by atoms with Crippen molar-refractivity contribution in [3.05, 3.63) is 65.5 Å². The lowest BCUT2D eigenvalue weighted by atomic mass is 10.1. The molecule has 0 aliphatic rings. The van der Waals surface area contributed by atoms with E-state index in [-0.39, 0.29) is 24.2 Å². The minimum absolute atomic E-state index is 0.0777. The van der Waals surface area contributed by atoms with Gasteiger partial charge in [-0.05, 0) is 57.0 Å². The second kappa shape index (κ2) is 12.1. The van der Waals surface area contributed by atoms with Crippen molar-refractivity contribution in [3.63, 3.8) is 0 Å². The van der Waals surface area contributed by atoms with Gasteiger partial charge in [0.25, 0.3) is 0 Å². The van der Waals surface area contributed by atoms with Gasteiger partial charge >= 0.3 is 10.2 Å². The molecule has 2 atom stereocenters. The van der Waals surface area contributed by atoms with Gasteiger partial charge in [-0.1, -0.05) is 36.8 Å². The van der Waals surface area contributed by atoms with E-state index >= 15 is 0 Å². The van der Waals surface area contributed by atoms with Crippen LogP contribution in [-0.4, -0.2) is 62.2 Å². The molecule has 0 fully saturated rings. The summed E-state index contributed by atoms with van der Waals surface area (Å²) >= 11 is 0. The van der Waals surface area contributed by atoms with Crippen LogP contribution < -0.4 is 9.62 Å². The Morgan fingerprint density at radius 1 is 1.00 bits per heavy atom. The van der Waals surface area contributed by atoms with Gasteiger partial charge in [-0.2, -0.15) is 12.7 Å². The van der Waals surface area contributed by atoms with Crippen LogP contribution in [0.2, 0.25) is 0 Å². The Morgan fingerprint density at radius 2 is 1.57 bits per heavy atom. The molecule has 0 aliphatic heterocycles. The van der Waals surface area contributed by atoms with E-state index in [0.29, 0.717) is 0 Å². The summed E-state index contributed by atoms with van der Waals surface area (Å²) in [5, 5.41) is 2.88. The fourth-order valence-electron chi connectivity index (χ4n) is 3.26. The van der Waals surface area contributed by atoms with Crippen molar-refractivity contribution in [2.75, 3.05) is 24.9 Å². The summed E-state index contributed by atoms with van der Waals surface area (Å²) in [6.45, 7) is 6.94. The summed E-state index contributed by atoms with van der Waals surface area (Å²) in [5.74, 6) is -1.42. The third-order valence-corrected chi connectivity index (χ3v) is 7.60. The number of hydrogen-bond acceptors (Lipinski definition) is 4. The number of anilines is 1. The lowest BCUT2D eigenvalue weighted by Crippen LogP contribution is -2.53. The first-order valence-electron chi connectivity index (χ1n) is 11.5. The van der Waals surface area contributed by atoms with Gasteiger partial charge in [0.05, 0.1) is 5.69 Å². The Hall–Kier alpha value is -2.98. The van der Waals surface area contributed by atoms with Crippen LogP contribution in [0.4, 0.5) is 10.1 Å². The van der Waals surface area contributed by atoms with E-state index in [9.17, 15) is 22.4 Å². The molecule has 2 unspecified atom stereocenters. The van der Waals surface area contributed by atoms with Crippen molar-refractivity contribution in [3.8, 4) is 0 Å². The molecule has 192 valence electrons. The van der Waals surface area contributed by atoms with Crippen LogP contribution in [0, 0.1) is 12.7 Å². The van der Waals surface area contributed by atoms with E-state index in [2.05, 4.69) is 5.32 Å². The molecule has 0 heterocycles. The molecule has 10 heteroatoms. The summed E-state index contributed by atoms with van der Waals surface area (Å²) in [4.78, 5) is 27.9. The third kappa shape index (κ3) is 7.50. The van der Waals surface area contributed by atoms with E-state index in [0.717, 1.165) is 38.3 Å². The maximum atomic E-state index is 13.6. The van der Waals surface area contributed by atoms with Crippen molar-refractivity contribution in [2.45, 2.75) is 52.7 Å². The third-order valence-electron chi connectivity index (χ3n) is 5.78. The van der Waals surface area contributed by atoms with Crippen molar-refractivity contribution in [1.29, 1.82) is 0 Å². The van der Waals surface area contributed by atoms with Crippen molar-refractivity contribution in [2.24, 2.45) is 0 Å². The van der Waals surface area contributed by atoms with Crippen LogP contribution in [0.1, 0.15) is 38.3 Å². The molecular formula is C25H35FN4O4S. The van der Waals surface area contributed by atoms with Gasteiger partial charge in [0.15, 0.2) is 0 Å². The Labute approximate surface area is 207 Å². The van der Waals surface area contributed by atoms with Crippen molar-refractivity contribution >= 4 is 27.7 Å². The molecule has 2 aromatic carbocycles. The van der Waals surface area contributed by atoms with Crippen LogP contribution in [0.15, 0.2) is 48.5 Å². The zero-order valence-corrected chi connectivity index (χ0v) is 22.0. The van der Waals surface area contributed by atoms with Gasteiger partial charge < -0.3 is 10.2 Å². The topological polar surface area (TPSA) is 90.0 Å². The number of carbonyl (C=O) groups excluding carboxylic acids is 2. The normalized spacial score (nSPS) is 13.3. The number of carbonyl (C=O) groups is 2. The highest BCUT2D eigenvalue weighted by atomic mass is 32.2. The predicted molar refractivity (Wildman–Crippen MR) is 135 cm³/mol. The summed E-state index contributed by atoms with van der Waals surface area (Å²) in [5.41, 5.74) is 1.99. The average Bonchev–Trinajstić information content (AvgIpc) is 2.81. The fraction of sp³-hybridized carbons (Fsp3) is 0.440. The SMILES string of the molecule is CCC(C)NC(=O)C(C)N(Cc1ccc(C)cc1)C(=O)CN(c1ccc(F)cc1)S(=O)(=O)N(C)C. The number of amides is 2. The lowest BCUT2D eigenvalue weighted by molar-refractivity contribution is -0.139. The number of benzene rings is 2. The number of aryl methyl sites for hydroxylation is 1. The molecule has 2 amide bonds. The van der Waals surface area contributed by atoms with Crippen LogP contribution >= 0.6 is 0 Å². The molecule has 1 N–H and O–H groups in total. The minimum atomic E-state index is -4.08. The van der Waals surface area contributed by atoms with E-state index in [4.69, 9.17) is 0 Å². The molecule has 0 saturated carbocycles. The summed E-state index contributed by atoms with van der Waals surface area (Å²) in [6.07, 6.45) is 0.726. The maximum absolute atomic E-state index is 13.6. The molecule has 0 saturated heterocycles. The highest BCUT2D eigenvalue weighted by Crippen LogP contribution is 2.21. The molecule has 35 heavy (non-hydrogen) atoms. The average molecular weight is 507 g/mol. The number of nitrogens with one attached hydrogen (secondary N) is 1. The Morgan fingerprint density at radius 3 is 2.09 bits per heavy atom. The van der Waals surface area contributed by atoms with Crippen molar-refractivity contribution < 1.29 is 22.4 Å². The highest BCUT2D eigenvalue weighted by molar-refractivity contribution is 7.90. The van der Waals surface area contributed by atoms with Crippen molar-refractivity contribution in [1.82, 2.24) is 14.5 Å². The Bertz CT molecular complexity index is 1110. The second-order valence-electron chi connectivity index (χ2n) is 8.77. The van der Waals surface area contributed by atoms with Gasteiger partial charge in [-0.25, -0.2) is 8.70 Å². The Balaban J connectivity index is 2.43. The molecule has 0 spiro atoms. The van der Waals surface area contributed by atoms with Crippen LogP contribution in [0.3, 0.4) is 0 Å². The first-order valence-corrected chi connectivity index (χ1v) is 12.9. The number of hydrogen-bond donors (Lipinski definition) is 1. The smallest absolute Gasteiger partial charge is 0.304 e. The molecule has 0 aliphatic carbocycles. The molecule has 2 rings (SSSR count). The quantitative estimate of drug-likeness (QED) is 0.507. The largest absolute Gasteiger partial charge is 0.352 e. The zero-order valence-electron chi connectivity index (χ0n) is 21.2. The first kappa shape index (κ1) is 28.3. The summed E-state index contributed by atoms with van der Waals surface area (Å²) in [7, 11) is -1.39. The predicted octanol–water partition coefficient (Wildman–Crippen LogP) is 3.08. The van der Waals surface area contributed by atoms with Crippen LogP contribution in [0.5, 0.6) is 0 Å². The summed E-state index contributed by atoms with van der Waals surface area (Å²) in [6, 6.07) is 11.5. The standard InChI is InChI=1S/C25H35FN4O4S/c1-7-19(3)27-25(32)20(4)29(16-21-10-8-18(2)9-11-21)24(31)17-30(35(33,34)28(5)6)23-14-12-22(26)13-15-23/h8-15,19-20H,7,16-17H2,1-6H3,(H,27,32). The number of halogens is 1. The van der Waals surface area contributed by atoms with Gasteiger partial charge in [-0.15, -0.1) is 0 Å². The molecule has 0 radical (unpaired) electrons. The fourth-order valence-corrected chi connectivity index (χ4v) is 4.32. The van der Waals surface area contributed by atoms with Gasteiger partial charge in [0.1, 0.15) is 18.4 Å². The first-order chi connectivity index (χ1) is 16.4. The number of rotatable bonds is 11. The van der Waals surface area contributed by atoms with E-state index in [1.165, 1.54) is 31.1 Å². The van der Waals surface area contributed by atoms with Gasteiger partial charge in [0.2, 0.25) is 11.8 Å². The molecule has 2 aromatic rings. The molecule has 8 nitrogen and oxygen atoms in total. The monoisotopic (exact) mass is 506 g/mol. The minimum Gasteiger partial charge on any atom is -0.352 e. The van der Waals surface area contributed by atoms with Gasteiger partial charge in [0, 0.05) is 26.7 Å². The Kier molecular flexibility index (Phi) is 9.79. The van der Waals surface area contributed by atoms with E-state index < -0.39 is 34.5 Å². The van der Waals surface area contributed by atoms with E-state index in [1.807, 2.05) is 45.0 Å². The van der Waals surface area contributed by atoms with Crippen LogP contribution in [-0.2, 0) is 26.3 Å². The van der Waals surface area contributed by atoms with Gasteiger partial charge in [-0.3, -0.25) is 9.59 Å². The second-order valence-corrected chi connectivity index (χ2v) is 10.8. The van der Waals surface area contributed by atoms with E-state index in [1.54, 1.807) is 6.92 Å². The summed E-state index contributed by atoms with van der Waals surface area (Å²) < 4.78 is 41.5. The molecule has 0 bridgehead atoms. The zero-order chi connectivity index (χ0) is 26.3. The van der Waals surface area contributed by atoms with Crippen LogP contribution in [0.25, 0.3) is 0 Å². The molecular weight excluding hydrogens is 471 g/mol.